The predicted molar refractivity (Wildman–Crippen MR) is 71.0 cm³/mol. The molecule has 0 saturated heterocycles. The lowest BCUT2D eigenvalue weighted by Gasteiger charge is -2.04. The van der Waals surface area contributed by atoms with Crippen LogP contribution in [-0.4, -0.2) is 14.4 Å². The number of hydrogen-bond acceptors (Lipinski definition) is 2. The summed E-state index contributed by atoms with van der Waals surface area (Å²) in [5, 5.41) is 0.199. The highest BCUT2D eigenvalue weighted by atomic mass is 79.9. The van der Waals surface area contributed by atoms with Crippen molar-refractivity contribution in [1.82, 2.24) is 14.4 Å². The lowest BCUT2D eigenvalue weighted by atomic mass is 10.2. The van der Waals surface area contributed by atoms with Gasteiger partial charge in [0.2, 0.25) is 0 Å². The number of aromatic nitrogens is 3. The van der Waals surface area contributed by atoms with E-state index in [1.807, 2.05) is 0 Å². The van der Waals surface area contributed by atoms with Crippen LogP contribution >= 0.6 is 27.5 Å². The van der Waals surface area contributed by atoms with Gasteiger partial charge in [-0.25, -0.2) is 18.7 Å². The normalized spacial score (nSPS) is 11.2. The van der Waals surface area contributed by atoms with E-state index in [-0.39, 0.29) is 16.5 Å². The van der Waals surface area contributed by atoms with E-state index in [1.165, 1.54) is 28.8 Å². The van der Waals surface area contributed by atoms with Crippen LogP contribution in [0.5, 0.6) is 0 Å². The zero-order valence-electron chi connectivity index (χ0n) is 9.24. The summed E-state index contributed by atoms with van der Waals surface area (Å²) in [4.78, 5) is 8.02. The molecule has 3 rings (SSSR count). The largest absolute Gasteiger partial charge is 0.294 e. The van der Waals surface area contributed by atoms with Crippen LogP contribution in [0, 0.1) is 11.6 Å². The Labute approximate surface area is 120 Å². The van der Waals surface area contributed by atoms with E-state index >= 15 is 0 Å². The Morgan fingerprint density at radius 1 is 1.21 bits per heavy atom. The number of rotatable bonds is 1. The Kier molecular flexibility index (Phi) is 2.99. The van der Waals surface area contributed by atoms with Crippen molar-refractivity contribution in [3.8, 4) is 11.4 Å². The molecule has 3 nitrogen and oxygen atoms in total. The molecular weight excluding hydrogens is 340 g/mol. The molecule has 1 aromatic carbocycles. The van der Waals surface area contributed by atoms with E-state index in [0.29, 0.717) is 10.1 Å². The van der Waals surface area contributed by atoms with Crippen LogP contribution in [0.15, 0.2) is 35.2 Å². The van der Waals surface area contributed by atoms with Gasteiger partial charge in [-0.15, -0.1) is 0 Å². The minimum atomic E-state index is -0.688. The summed E-state index contributed by atoms with van der Waals surface area (Å²) in [6, 6.07) is 3.65. The molecule has 0 amide bonds. The van der Waals surface area contributed by atoms with E-state index < -0.39 is 11.6 Å². The first-order valence-electron chi connectivity index (χ1n) is 5.22. The fourth-order valence-corrected chi connectivity index (χ4v) is 2.75. The first-order chi connectivity index (χ1) is 9.09. The van der Waals surface area contributed by atoms with Gasteiger partial charge in [-0.1, -0.05) is 17.7 Å². The first kappa shape index (κ1) is 12.5. The van der Waals surface area contributed by atoms with Gasteiger partial charge < -0.3 is 0 Å². The molecule has 0 unspecified atom stereocenters. The van der Waals surface area contributed by atoms with Crippen LogP contribution in [-0.2, 0) is 0 Å². The van der Waals surface area contributed by atoms with E-state index in [4.69, 9.17) is 11.6 Å². The molecular formula is C12H5BrClF2N3. The van der Waals surface area contributed by atoms with E-state index in [2.05, 4.69) is 25.9 Å². The number of fused-ring (bicyclic) bond motifs is 1. The summed E-state index contributed by atoms with van der Waals surface area (Å²) in [6.07, 6.45) is 2.98. The van der Waals surface area contributed by atoms with Crippen molar-refractivity contribution in [2.75, 3.05) is 0 Å². The van der Waals surface area contributed by atoms with E-state index in [1.54, 1.807) is 6.20 Å². The maximum Gasteiger partial charge on any atom is 0.155 e. The number of hydrogen-bond donors (Lipinski definition) is 0. The molecule has 0 atom stereocenters. The summed E-state index contributed by atoms with van der Waals surface area (Å²) < 4.78 is 29.5. The highest BCUT2D eigenvalue weighted by Gasteiger charge is 2.19. The molecule has 0 aliphatic carbocycles. The zero-order chi connectivity index (χ0) is 13.6. The topological polar surface area (TPSA) is 30.2 Å². The molecule has 0 N–H and O–H groups in total. The van der Waals surface area contributed by atoms with Crippen LogP contribution in [0.4, 0.5) is 8.78 Å². The third-order valence-corrected chi connectivity index (χ3v) is 3.48. The molecule has 0 saturated carbocycles. The van der Waals surface area contributed by atoms with Crippen molar-refractivity contribution in [3.63, 3.8) is 0 Å². The van der Waals surface area contributed by atoms with Crippen molar-refractivity contribution in [2.45, 2.75) is 0 Å². The average Bonchev–Trinajstić information content (AvgIpc) is 2.68. The van der Waals surface area contributed by atoms with Gasteiger partial charge in [0.1, 0.15) is 21.8 Å². The number of nitrogens with zero attached hydrogens (tertiary/aromatic N) is 3. The maximum absolute atomic E-state index is 13.8. The molecule has 0 fully saturated rings. The second kappa shape index (κ2) is 4.54. The molecule has 2 aromatic heterocycles. The highest BCUT2D eigenvalue weighted by Crippen LogP contribution is 2.31. The van der Waals surface area contributed by atoms with Crippen LogP contribution < -0.4 is 0 Å². The monoisotopic (exact) mass is 343 g/mol. The Bertz CT molecular complexity index is 768. The van der Waals surface area contributed by atoms with Crippen LogP contribution in [0.2, 0.25) is 5.15 Å². The molecule has 0 spiro atoms. The lowest BCUT2D eigenvalue weighted by Crippen LogP contribution is -1.96. The Morgan fingerprint density at radius 3 is 2.58 bits per heavy atom. The van der Waals surface area contributed by atoms with Crippen molar-refractivity contribution in [1.29, 1.82) is 0 Å². The number of halogens is 4. The van der Waals surface area contributed by atoms with Gasteiger partial charge in [0, 0.05) is 12.4 Å². The standard InChI is InChI=1S/C12H5BrClF2N3/c13-10-9-11(14)17-4-5-19(9)12(18-10)8-6(15)2-1-3-7(8)16/h1-5H. The van der Waals surface area contributed by atoms with E-state index in [0.717, 1.165) is 0 Å². The molecule has 19 heavy (non-hydrogen) atoms. The molecule has 3 aromatic rings. The third kappa shape index (κ3) is 1.91. The summed E-state index contributed by atoms with van der Waals surface area (Å²) in [7, 11) is 0. The zero-order valence-corrected chi connectivity index (χ0v) is 11.6. The van der Waals surface area contributed by atoms with Crippen LogP contribution in [0.25, 0.3) is 16.9 Å². The van der Waals surface area contributed by atoms with Crippen molar-refractivity contribution in [2.24, 2.45) is 0 Å². The van der Waals surface area contributed by atoms with Gasteiger partial charge in [0.05, 0.1) is 5.56 Å². The summed E-state index contributed by atoms with van der Waals surface area (Å²) >= 11 is 9.17. The Hall–Kier alpha value is -1.53. The first-order valence-corrected chi connectivity index (χ1v) is 6.39. The molecule has 2 heterocycles. The van der Waals surface area contributed by atoms with Gasteiger partial charge >= 0.3 is 0 Å². The van der Waals surface area contributed by atoms with Crippen LogP contribution in [0.3, 0.4) is 0 Å². The average molecular weight is 345 g/mol. The third-order valence-electron chi connectivity index (χ3n) is 2.65. The SMILES string of the molecule is Fc1cccc(F)c1-c1nc(Br)c2c(Cl)nccn12. The smallest absolute Gasteiger partial charge is 0.155 e. The second-order valence-corrected chi connectivity index (χ2v) is 4.87. The van der Waals surface area contributed by atoms with Gasteiger partial charge in [0.25, 0.3) is 0 Å². The summed E-state index contributed by atoms with van der Waals surface area (Å²) in [5.74, 6) is -1.25. The number of benzene rings is 1. The van der Waals surface area contributed by atoms with Crippen molar-refractivity contribution < 1.29 is 8.78 Å². The lowest BCUT2D eigenvalue weighted by molar-refractivity contribution is 0.587. The molecule has 96 valence electrons. The van der Waals surface area contributed by atoms with Gasteiger partial charge in [-0.3, -0.25) is 4.40 Å². The fourth-order valence-electron chi connectivity index (χ4n) is 1.85. The van der Waals surface area contributed by atoms with Gasteiger partial charge in [0.15, 0.2) is 11.0 Å². The highest BCUT2D eigenvalue weighted by molar-refractivity contribution is 9.10. The molecule has 0 aliphatic heterocycles. The maximum atomic E-state index is 13.8. The van der Waals surface area contributed by atoms with Gasteiger partial charge in [-0.05, 0) is 28.1 Å². The molecule has 0 bridgehead atoms. The minimum absolute atomic E-state index is 0.127. The fraction of sp³-hybridized carbons (Fsp3) is 0. The predicted octanol–water partition coefficient (Wildman–Crippen LogP) is 4.09. The minimum Gasteiger partial charge on any atom is -0.294 e. The second-order valence-electron chi connectivity index (χ2n) is 3.76. The number of imidazole rings is 1. The quantitative estimate of drug-likeness (QED) is 0.665. The molecule has 0 aliphatic rings. The van der Waals surface area contributed by atoms with Crippen molar-refractivity contribution >= 4 is 33.0 Å². The van der Waals surface area contributed by atoms with Crippen molar-refractivity contribution in [3.05, 3.63) is 52.0 Å². The summed E-state index contributed by atoms with van der Waals surface area (Å²) in [5.41, 5.74) is 0.257. The molecule has 7 heteroatoms. The Morgan fingerprint density at radius 2 is 1.89 bits per heavy atom. The van der Waals surface area contributed by atoms with Gasteiger partial charge in [-0.2, -0.15) is 0 Å². The molecule has 0 radical (unpaired) electrons. The Balaban J connectivity index is 2.42. The van der Waals surface area contributed by atoms with Crippen LogP contribution in [0.1, 0.15) is 0 Å². The summed E-state index contributed by atoms with van der Waals surface area (Å²) in [6.45, 7) is 0. The van der Waals surface area contributed by atoms with E-state index in [9.17, 15) is 8.78 Å².